The van der Waals surface area contributed by atoms with Crippen LogP contribution in [-0.4, -0.2) is 92.4 Å². The van der Waals surface area contributed by atoms with E-state index in [-0.39, 0.29) is 40.9 Å². The van der Waals surface area contributed by atoms with Crippen molar-refractivity contribution < 1.29 is 19.5 Å². The monoisotopic (exact) mass is 533 g/mol. The zero-order valence-corrected chi connectivity index (χ0v) is 24.6. The molecule has 3 aliphatic rings. The maximum Gasteiger partial charge on any atom is 0.247 e. The minimum Gasteiger partial charge on any atom is -0.396 e. The molecule has 6 atom stereocenters. The molecule has 0 aromatic carbocycles. The average molecular weight is 534 g/mol. The molecule has 3 heterocycles. The Morgan fingerprint density at radius 3 is 2.32 bits per heavy atom. The van der Waals surface area contributed by atoms with Crippen molar-refractivity contribution >= 4 is 29.5 Å². The van der Waals surface area contributed by atoms with Gasteiger partial charge in [-0.1, -0.05) is 39.8 Å². The third-order valence-corrected chi connectivity index (χ3v) is 10.4. The van der Waals surface area contributed by atoms with Crippen LogP contribution >= 0.6 is 11.8 Å². The maximum absolute atomic E-state index is 14.7. The highest BCUT2D eigenvalue weighted by molar-refractivity contribution is 8.02. The number of likely N-dealkylation sites (tertiary alicyclic amines) is 1. The van der Waals surface area contributed by atoms with E-state index in [4.69, 9.17) is 0 Å². The van der Waals surface area contributed by atoms with Crippen LogP contribution in [0, 0.1) is 23.2 Å². The van der Waals surface area contributed by atoms with Crippen LogP contribution in [0.3, 0.4) is 0 Å². The zero-order valence-electron chi connectivity index (χ0n) is 23.8. The number of rotatable bonds is 11. The van der Waals surface area contributed by atoms with Gasteiger partial charge in [0.15, 0.2) is 0 Å². The van der Waals surface area contributed by atoms with Crippen LogP contribution in [0.4, 0.5) is 0 Å². The van der Waals surface area contributed by atoms with Gasteiger partial charge in [0.2, 0.25) is 17.7 Å². The van der Waals surface area contributed by atoms with Crippen molar-refractivity contribution in [1.29, 1.82) is 0 Å². The summed E-state index contributed by atoms with van der Waals surface area (Å²) in [7, 11) is 1.75. The van der Waals surface area contributed by atoms with E-state index in [1.165, 1.54) is 0 Å². The lowest BCUT2D eigenvalue weighted by atomic mass is 9.65. The predicted octanol–water partition coefficient (Wildman–Crippen LogP) is 3.58. The molecule has 1 N–H and O–H groups in total. The molecule has 0 radical (unpaired) electrons. The van der Waals surface area contributed by atoms with E-state index < -0.39 is 28.2 Å². The number of likely N-dealkylation sites (N-methyl/N-ethyl adjacent to an activating group) is 1. The Balaban J connectivity index is 2.11. The highest BCUT2D eigenvalue weighted by Crippen LogP contribution is 2.69. The van der Waals surface area contributed by atoms with Gasteiger partial charge in [-0.15, -0.1) is 24.9 Å². The standard InChI is InChI=1S/C29H47N3O4S/c1-10-13-30(9)24(34)21-20-17-19(3)29(37-20)22(21)25(35)31(15-12-16-33)23(29)26(36)32(14-11-2)28(7,8)18-27(4,5)6/h10-11,19-23,33H,1-2,12-18H2,3-9H3/t19?,20-,21+,22-,23?,29?/m0/s1. The second-order valence-corrected chi connectivity index (χ2v) is 14.5. The molecule has 3 aliphatic heterocycles. The number of nitrogens with zero attached hydrogens (tertiary/aromatic N) is 3. The van der Waals surface area contributed by atoms with Crippen molar-refractivity contribution in [2.75, 3.05) is 33.3 Å². The van der Waals surface area contributed by atoms with Gasteiger partial charge in [0.05, 0.1) is 16.6 Å². The third kappa shape index (κ3) is 5.12. The van der Waals surface area contributed by atoms with Gasteiger partial charge in [0, 0.05) is 44.1 Å². The molecule has 0 saturated carbocycles. The molecule has 0 aliphatic carbocycles. The van der Waals surface area contributed by atoms with Crippen molar-refractivity contribution in [2.24, 2.45) is 23.2 Å². The first-order chi connectivity index (χ1) is 17.2. The summed E-state index contributed by atoms with van der Waals surface area (Å²) in [4.78, 5) is 47.7. The molecule has 3 amide bonds. The zero-order chi connectivity index (χ0) is 27.9. The van der Waals surface area contributed by atoms with E-state index in [2.05, 4.69) is 54.7 Å². The van der Waals surface area contributed by atoms with Crippen LogP contribution in [-0.2, 0) is 14.4 Å². The quantitative estimate of drug-likeness (QED) is 0.411. The van der Waals surface area contributed by atoms with E-state index >= 15 is 0 Å². The molecular weight excluding hydrogens is 486 g/mol. The summed E-state index contributed by atoms with van der Waals surface area (Å²) in [6.45, 7) is 21.5. The Morgan fingerprint density at radius 1 is 1.16 bits per heavy atom. The number of amides is 3. The molecule has 1 spiro atoms. The van der Waals surface area contributed by atoms with E-state index in [0.717, 1.165) is 12.8 Å². The van der Waals surface area contributed by atoms with Gasteiger partial charge in [-0.3, -0.25) is 14.4 Å². The van der Waals surface area contributed by atoms with Gasteiger partial charge in [-0.2, -0.15) is 0 Å². The molecule has 3 rings (SSSR count). The normalized spacial score (nSPS) is 30.9. The van der Waals surface area contributed by atoms with Gasteiger partial charge >= 0.3 is 0 Å². The lowest BCUT2D eigenvalue weighted by Crippen LogP contribution is -2.61. The van der Waals surface area contributed by atoms with E-state index in [1.807, 2.05) is 4.90 Å². The number of aliphatic hydroxyl groups is 1. The molecule has 0 aromatic heterocycles. The summed E-state index contributed by atoms with van der Waals surface area (Å²) >= 11 is 1.69. The van der Waals surface area contributed by atoms with Gasteiger partial charge < -0.3 is 19.8 Å². The summed E-state index contributed by atoms with van der Waals surface area (Å²) in [5.74, 6) is -1.13. The molecule has 7 nitrogen and oxygen atoms in total. The summed E-state index contributed by atoms with van der Waals surface area (Å²) in [5, 5.41) is 9.63. The Hall–Kier alpha value is -1.80. The number of fused-ring (bicyclic) bond motifs is 1. The number of thioether (sulfide) groups is 1. The van der Waals surface area contributed by atoms with Crippen molar-refractivity contribution in [3.63, 3.8) is 0 Å². The van der Waals surface area contributed by atoms with Crippen LogP contribution in [0.1, 0.15) is 60.8 Å². The minimum atomic E-state index is -0.678. The summed E-state index contributed by atoms with van der Waals surface area (Å²) in [6, 6.07) is -0.678. The fraction of sp³-hybridized carbons (Fsp3) is 0.759. The topological polar surface area (TPSA) is 81.2 Å². The highest BCUT2D eigenvalue weighted by atomic mass is 32.2. The Kier molecular flexibility index (Phi) is 8.65. The van der Waals surface area contributed by atoms with Crippen LogP contribution in [0.15, 0.2) is 25.3 Å². The molecule has 3 saturated heterocycles. The molecule has 3 unspecified atom stereocenters. The fourth-order valence-corrected chi connectivity index (χ4v) is 9.81. The van der Waals surface area contributed by atoms with Gasteiger partial charge in [0.1, 0.15) is 6.04 Å². The number of hydrogen-bond acceptors (Lipinski definition) is 5. The Bertz CT molecular complexity index is 929. The minimum absolute atomic E-state index is 0.00675. The van der Waals surface area contributed by atoms with Gasteiger partial charge in [-0.25, -0.2) is 0 Å². The first-order valence-corrected chi connectivity index (χ1v) is 14.4. The summed E-state index contributed by atoms with van der Waals surface area (Å²) in [6.07, 6.45) is 5.43. The smallest absolute Gasteiger partial charge is 0.247 e. The number of carbonyl (C=O) groups is 3. The number of aliphatic hydroxyl groups excluding tert-OH is 1. The fourth-order valence-electron chi connectivity index (χ4n) is 7.41. The molecule has 208 valence electrons. The SMILES string of the molecule is C=CCN(C)C(=O)[C@@H]1[C@@H]2CC(C)C3(S2)C(C(=O)N(CC=C)C(C)(C)CC(C)(C)C)N(CCCO)C(=O)[C@H]13. The third-order valence-electron chi connectivity index (χ3n) is 8.37. The predicted molar refractivity (Wildman–Crippen MR) is 150 cm³/mol. The average Bonchev–Trinajstić information content (AvgIpc) is 3.37. The van der Waals surface area contributed by atoms with E-state index in [1.54, 1.807) is 40.8 Å². The molecule has 3 fully saturated rings. The van der Waals surface area contributed by atoms with Crippen LogP contribution in [0.25, 0.3) is 0 Å². The van der Waals surface area contributed by atoms with E-state index in [0.29, 0.717) is 26.1 Å². The second kappa shape index (κ2) is 10.8. The summed E-state index contributed by atoms with van der Waals surface area (Å²) in [5.41, 5.74) is -0.471. The molecule has 8 heteroatoms. The van der Waals surface area contributed by atoms with Crippen LogP contribution < -0.4 is 0 Å². The van der Waals surface area contributed by atoms with Crippen molar-refractivity contribution in [3.8, 4) is 0 Å². The molecular formula is C29H47N3O4S. The van der Waals surface area contributed by atoms with Gasteiger partial charge in [0.25, 0.3) is 0 Å². The van der Waals surface area contributed by atoms with Crippen LogP contribution in [0.5, 0.6) is 0 Å². The van der Waals surface area contributed by atoms with Crippen molar-refractivity contribution in [1.82, 2.24) is 14.7 Å². The molecule has 37 heavy (non-hydrogen) atoms. The maximum atomic E-state index is 14.7. The lowest BCUT2D eigenvalue weighted by Gasteiger charge is -2.47. The highest BCUT2D eigenvalue weighted by Gasteiger charge is 2.76. The van der Waals surface area contributed by atoms with Gasteiger partial charge in [-0.05, 0) is 44.4 Å². The first kappa shape index (κ1) is 29.8. The van der Waals surface area contributed by atoms with E-state index in [9.17, 15) is 19.5 Å². The Morgan fingerprint density at radius 2 is 1.78 bits per heavy atom. The Labute approximate surface area is 227 Å². The summed E-state index contributed by atoms with van der Waals surface area (Å²) < 4.78 is -0.666. The lowest BCUT2D eigenvalue weighted by molar-refractivity contribution is -0.147. The second-order valence-electron chi connectivity index (χ2n) is 13.0. The largest absolute Gasteiger partial charge is 0.396 e. The number of carbonyl (C=O) groups excluding carboxylic acids is 3. The molecule has 0 aromatic rings. The number of hydrogen-bond donors (Lipinski definition) is 1. The first-order valence-electron chi connectivity index (χ1n) is 13.5. The molecule has 2 bridgehead atoms. The van der Waals surface area contributed by atoms with Crippen molar-refractivity contribution in [3.05, 3.63) is 25.3 Å². The van der Waals surface area contributed by atoms with Crippen LogP contribution in [0.2, 0.25) is 0 Å². The van der Waals surface area contributed by atoms with Crippen molar-refractivity contribution in [2.45, 2.75) is 82.4 Å².